The Bertz CT molecular complexity index is 143. The second-order valence-corrected chi connectivity index (χ2v) is 4.34. The third-order valence-corrected chi connectivity index (χ3v) is 2.83. The molecule has 0 bridgehead atoms. The van der Waals surface area contributed by atoms with Crippen molar-refractivity contribution in [1.82, 2.24) is 0 Å². The van der Waals surface area contributed by atoms with Gasteiger partial charge in [0.2, 0.25) is 0 Å². The van der Waals surface area contributed by atoms with Crippen LogP contribution in [0.1, 0.15) is 26.2 Å². The number of rotatable bonds is 5. The Morgan fingerprint density at radius 3 is 2.93 bits per heavy atom. The molecule has 3 heteroatoms. The molecule has 1 aliphatic heterocycles. The first-order chi connectivity index (χ1) is 6.74. The molecule has 0 saturated carbocycles. The van der Waals surface area contributed by atoms with E-state index in [1.165, 1.54) is 0 Å². The zero-order valence-corrected chi connectivity index (χ0v) is 9.24. The zero-order chi connectivity index (χ0) is 10.4. The average Bonchev–Trinajstić information content (AvgIpc) is 2.19. The molecule has 3 unspecified atom stereocenters. The van der Waals surface area contributed by atoms with Crippen LogP contribution in [0.25, 0.3) is 0 Å². The summed E-state index contributed by atoms with van der Waals surface area (Å²) in [7, 11) is 1.70. The summed E-state index contributed by atoms with van der Waals surface area (Å²) >= 11 is 0. The van der Waals surface area contributed by atoms with Crippen LogP contribution in [0, 0.1) is 11.8 Å². The normalized spacial score (nSPS) is 27.2. The Labute approximate surface area is 86.4 Å². The van der Waals surface area contributed by atoms with Gasteiger partial charge in [0.1, 0.15) is 0 Å². The van der Waals surface area contributed by atoms with Crippen molar-refractivity contribution in [3.05, 3.63) is 0 Å². The maximum Gasteiger partial charge on any atom is 0.0593 e. The second kappa shape index (κ2) is 6.38. The second-order valence-electron chi connectivity index (χ2n) is 4.34. The number of hydrogen-bond acceptors (Lipinski definition) is 3. The lowest BCUT2D eigenvalue weighted by Crippen LogP contribution is -2.30. The first-order valence-corrected chi connectivity index (χ1v) is 5.48. The van der Waals surface area contributed by atoms with Gasteiger partial charge in [0.05, 0.1) is 12.7 Å². The van der Waals surface area contributed by atoms with E-state index < -0.39 is 0 Å². The van der Waals surface area contributed by atoms with E-state index in [0.29, 0.717) is 11.8 Å². The van der Waals surface area contributed by atoms with E-state index in [9.17, 15) is 5.11 Å². The molecular formula is C11H22O3. The topological polar surface area (TPSA) is 38.7 Å². The van der Waals surface area contributed by atoms with Crippen LogP contribution in [0.2, 0.25) is 0 Å². The van der Waals surface area contributed by atoms with Crippen LogP contribution in [0.3, 0.4) is 0 Å². The smallest absolute Gasteiger partial charge is 0.0593 e. The Hall–Kier alpha value is -0.120. The molecule has 0 aromatic heterocycles. The lowest BCUT2D eigenvalue weighted by Gasteiger charge is -2.28. The lowest BCUT2D eigenvalue weighted by atomic mass is 9.90. The number of hydrogen-bond donors (Lipinski definition) is 1. The summed E-state index contributed by atoms with van der Waals surface area (Å²) in [6.45, 7) is 4.42. The number of aliphatic hydroxyl groups excluding tert-OH is 1. The van der Waals surface area contributed by atoms with E-state index in [2.05, 4.69) is 6.92 Å². The first kappa shape index (κ1) is 12.0. The van der Waals surface area contributed by atoms with Gasteiger partial charge < -0.3 is 14.6 Å². The molecule has 3 atom stereocenters. The fourth-order valence-electron chi connectivity index (χ4n) is 2.03. The van der Waals surface area contributed by atoms with Gasteiger partial charge in [-0.2, -0.15) is 0 Å². The molecule has 0 spiro atoms. The summed E-state index contributed by atoms with van der Waals surface area (Å²) in [6.07, 6.45) is 2.78. The van der Waals surface area contributed by atoms with E-state index in [0.717, 1.165) is 39.1 Å². The van der Waals surface area contributed by atoms with Crippen LogP contribution < -0.4 is 0 Å². The Balaban J connectivity index is 2.21. The fourth-order valence-corrected chi connectivity index (χ4v) is 2.03. The minimum atomic E-state index is -0.222. The van der Waals surface area contributed by atoms with Crippen molar-refractivity contribution in [2.24, 2.45) is 11.8 Å². The molecule has 1 saturated heterocycles. The summed E-state index contributed by atoms with van der Waals surface area (Å²) in [5, 5.41) is 9.94. The highest BCUT2D eigenvalue weighted by Crippen LogP contribution is 2.21. The standard InChI is InChI=1S/C11H22O3/c1-9(7-13-2)6-11(12)10-4-3-5-14-8-10/h9-12H,3-8H2,1-2H3. The highest BCUT2D eigenvalue weighted by molar-refractivity contribution is 4.73. The quantitative estimate of drug-likeness (QED) is 0.733. The molecule has 0 aromatic carbocycles. The van der Waals surface area contributed by atoms with E-state index in [-0.39, 0.29) is 6.10 Å². The monoisotopic (exact) mass is 202 g/mol. The van der Waals surface area contributed by atoms with Crippen molar-refractivity contribution in [3.63, 3.8) is 0 Å². The minimum absolute atomic E-state index is 0.222. The molecule has 0 aromatic rings. The molecule has 0 amide bonds. The highest BCUT2D eigenvalue weighted by atomic mass is 16.5. The van der Waals surface area contributed by atoms with Crippen LogP contribution in [0.4, 0.5) is 0 Å². The number of methoxy groups -OCH3 is 1. The van der Waals surface area contributed by atoms with Gasteiger partial charge in [-0.3, -0.25) is 0 Å². The summed E-state index contributed by atoms with van der Waals surface area (Å²) in [5.41, 5.74) is 0. The van der Waals surface area contributed by atoms with E-state index in [1.54, 1.807) is 7.11 Å². The van der Waals surface area contributed by atoms with Crippen LogP contribution in [0.15, 0.2) is 0 Å². The molecule has 1 N–H and O–H groups in total. The summed E-state index contributed by atoms with van der Waals surface area (Å²) < 4.78 is 10.4. The minimum Gasteiger partial charge on any atom is -0.393 e. The van der Waals surface area contributed by atoms with Crippen LogP contribution in [-0.2, 0) is 9.47 Å². The van der Waals surface area contributed by atoms with Gasteiger partial charge in [0.25, 0.3) is 0 Å². The fraction of sp³-hybridized carbons (Fsp3) is 1.00. The predicted molar refractivity (Wildman–Crippen MR) is 55.2 cm³/mol. The molecule has 84 valence electrons. The number of aliphatic hydroxyl groups is 1. The van der Waals surface area contributed by atoms with Crippen LogP contribution in [-0.4, -0.2) is 38.1 Å². The van der Waals surface area contributed by atoms with Gasteiger partial charge in [-0.15, -0.1) is 0 Å². The summed E-state index contributed by atoms with van der Waals surface area (Å²) in [5.74, 6) is 0.764. The van der Waals surface area contributed by atoms with Crippen molar-refractivity contribution in [3.8, 4) is 0 Å². The van der Waals surface area contributed by atoms with Gasteiger partial charge in [0.15, 0.2) is 0 Å². The molecule has 1 rings (SSSR count). The molecule has 1 heterocycles. The van der Waals surface area contributed by atoms with Crippen molar-refractivity contribution < 1.29 is 14.6 Å². The van der Waals surface area contributed by atoms with E-state index >= 15 is 0 Å². The van der Waals surface area contributed by atoms with Gasteiger partial charge in [0, 0.05) is 26.2 Å². The summed E-state index contributed by atoms with van der Waals surface area (Å²) in [4.78, 5) is 0. The van der Waals surface area contributed by atoms with Crippen molar-refractivity contribution in [2.75, 3.05) is 26.9 Å². The highest BCUT2D eigenvalue weighted by Gasteiger charge is 2.23. The van der Waals surface area contributed by atoms with Crippen LogP contribution >= 0.6 is 0 Å². The Kier molecular flexibility index (Phi) is 5.45. The van der Waals surface area contributed by atoms with Gasteiger partial charge in [-0.25, -0.2) is 0 Å². The average molecular weight is 202 g/mol. The Morgan fingerprint density at radius 1 is 1.57 bits per heavy atom. The van der Waals surface area contributed by atoms with Crippen molar-refractivity contribution in [2.45, 2.75) is 32.3 Å². The zero-order valence-electron chi connectivity index (χ0n) is 9.24. The maximum absolute atomic E-state index is 9.94. The first-order valence-electron chi connectivity index (χ1n) is 5.48. The maximum atomic E-state index is 9.94. The lowest BCUT2D eigenvalue weighted by molar-refractivity contribution is -0.0208. The number of ether oxygens (including phenoxy) is 2. The molecular weight excluding hydrogens is 180 g/mol. The van der Waals surface area contributed by atoms with Crippen LogP contribution in [0.5, 0.6) is 0 Å². The largest absolute Gasteiger partial charge is 0.393 e. The van der Waals surface area contributed by atoms with Gasteiger partial charge in [-0.05, 0) is 25.2 Å². The predicted octanol–water partition coefficient (Wildman–Crippen LogP) is 1.45. The molecule has 3 nitrogen and oxygen atoms in total. The van der Waals surface area contributed by atoms with Gasteiger partial charge in [-0.1, -0.05) is 6.92 Å². The SMILES string of the molecule is COCC(C)CC(O)C1CCCOC1. The molecule has 0 aliphatic carbocycles. The molecule has 1 fully saturated rings. The summed E-state index contributed by atoms with van der Waals surface area (Å²) in [6, 6.07) is 0. The van der Waals surface area contributed by atoms with Gasteiger partial charge >= 0.3 is 0 Å². The van der Waals surface area contributed by atoms with Crippen molar-refractivity contribution in [1.29, 1.82) is 0 Å². The Morgan fingerprint density at radius 2 is 2.36 bits per heavy atom. The van der Waals surface area contributed by atoms with Crippen molar-refractivity contribution >= 4 is 0 Å². The molecule has 1 aliphatic rings. The van der Waals surface area contributed by atoms with E-state index in [4.69, 9.17) is 9.47 Å². The van der Waals surface area contributed by atoms with E-state index in [1.807, 2.05) is 0 Å². The third kappa shape index (κ3) is 3.95. The third-order valence-electron chi connectivity index (χ3n) is 2.83. The molecule has 0 radical (unpaired) electrons. The molecule has 14 heavy (non-hydrogen) atoms.